The van der Waals surface area contributed by atoms with Crippen molar-refractivity contribution in [2.75, 3.05) is 7.11 Å². The highest BCUT2D eigenvalue weighted by Crippen LogP contribution is 2.21. The molecule has 1 nitrogen and oxygen atoms in total. The van der Waals surface area contributed by atoms with Crippen molar-refractivity contribution in [1.29, 1.82) is 0 Å². The van der Waals surface area contributed by atoms with Gasteiger partial charge in [-0.25, -0.2) is 13.2 Å². The van der Waals surface area contributed by atoms with Gasteiger partial charge in [-0.1, -0.05) is 0 Å². The predicted molar refractivity (Wildman–Crippen MR) is 31.7 cm³/mol. The molecule has 0 aliphatic rings. The minimum Gasteiger partial charge on any atom is -0.491 e. The van der Waals surface area contributed by atoms with Gasteiger partial charge in [0.15, 0.2) is 17.4 Å². The third-order valence-electron chi connectivity index (χ3n) is 1.10. The summed E-state index contributed by atoms with van der Waals surface area (Å²) in [5.41, 5.74) is 0. The summed E-state index contributed by atoms with van der Waals surface area (Å²) < 4.78 is 41.4. The summed E-state index contributed by atoms with van der Waals surface area (Å²) in [6.45, 7) is 0. The third kappa shape index (κ3) is 1.45. The van der Waals surface area contributed by atoms with Crippen LogP contribution < -0.4 is 4.74 Å². The van der Waals surface area contributed by atoms with Crippen LogP contribution in [0.4, 0.5) is 13.2 Å². The van der Waals surface area contributed by atoms with Crippen LogP contribution in [-0.4, -0.2) is 7.11 Å². The van der Waals surface area contributed by atoms with Crippen LogP contribution in [0, 0.1) is 23.5 Å². The maximum absolute atomic E-state index is 12.5. The second-order valence-electron chi connectivity index (χ2n) is 1.81. The number of benzene rings is 1. The van der Waals surface area contributed by atoms with Crippen molar-refractivity contribution in [3.63, 3.8) is 0 Å². The van der Waals surface area contributed by atoms with Gasteiger partial charge >= 0.3 is 0 Å². The van der Waals surface area contributed by atoms with Crippen molar-refractivity contribution in [1.82, 2.24) is 0 Å². The van der Waals surface area contributed by atoms with E-state index in [0.717, 1.165) is 7.11 Å². The van der Waals surface area contributed by atoms with Gasteiger partial charge in [0.2, 0.25) is 0 Å². The summed E-state index contributed by atoms with van der Waals surface area (Å²) in [7, 11) is 1.09. The zero-order chi connectivity index (χ0) is 8.43. The highest BCUT2D eigenvalue weighted by atomic mass is 19.1. The zero-order valence-electron chi connectivity index (χ0n) is 5.62. The molecule has 1 radical (unpaired) electrons. The Bertz CT molecular complexity index is 249. The molecule has 4 heteroatoms. The molecule has 1 aromatic carbocycles. The standard InChI is InChI=1S/C7H4F3O/c1-11-7-5(9)2-4(8)3-6(7)10/h2H,1H3. The van der Waals surface area contributed by atoms with E-state index in [0.29, 0.717) is 6.07 Å². The average molecular weight is 161 g/mol. The van der Waals surface area contributed by atoms with Crippen molar-refractivity contribution in [2.45, 2.75) is 0 Å². The molecule has 1 aromatic rings. The summed E-state index contributed by atoms with van der Waals surface area (Å²) in [6.07, 6.45) is 0. The Morgan fingerprint density at radius 3 is 2.45 bits per heavy atom. The Balaban J connectivity index is 3.25. The van der Waals surface area contributed by atoms with Gasteiger partial charge in [-0.05, 0) is 0 Å². The number of halogens is 3. The van der Waals surface area contributed by atoms with Crippen LogP contribution >= 0.6 is 0 Å². The van der Waals surface area contributed by atoms with Crippen LogP contribution in [0.3, 0.4) is 0 Å². The minimum atomic E-state index is -1.16. The fourth-order valence-electron chi connectivity index (χ4n) is 0.666. The van der Waals surface area contributed by atoms with Gasteiger partial charge in [-0.2, -0.15) is 0 Å². The van der Waals surface area contributed by atoms with Crippen LogP contribution in [0.2, 0.25) is 0 Å². The Morgan fingerprint density at radius 1 is 1.36 bits per heavy atom. The summed E-state index contributed by atoms with van der Waals surface area (Å²) in [4.78, 5) is 0. The quantitative estimate of drug-likeness (QED) is 0.611. The summed E-state index contributed by atoms with van der Waals surface area (Å²) in [5.74, 6) is -3.93. The number of hydrogen-bond donors (Lipinski definition) is 0. The van der Waals surface area contributed by atoms with E-state index in [-0.39, 0.29) is 0 Å². The number of ether oxygens (including phenoxy) is 1. The molecule has 59 valence electrons. The average Bonchev–Trinajstić information content (AvgIpc) is 1.85. The van der Waals surface area contributed by atoms with Gasteiger partial charge in [-0.15, -0.1) is 0 Å². The molecule has 0 unspecified atom stereocenters. The normalized spacial score (nSPS) is 9.82. The highest BCUT2D eigenvalue weighted by Gasteiger charge is 2.11. The molecule has 1 rings (SSSR count). The maximum Gasteiger partial charge on any atom is 0.191 e. The molecule has 0 aliphatic heterocycles. The smallest absolute Gasteiger partial charge is 0.191 e. The first-order valence-corrected chi connectivity index (χ1v) is 2.76. The van der Waals surface area contributed by atoms with E-state index in [9.17, 15) is 13.2 Å². The molecule has 0 heterocycles. The molecule has 0 bridgehead atoms. The lowest BCUT2D eigenvalue weighted by atomic mass is 10.3. The fraction of sp³-hybridized carbons (Fsp3) is 0.143. The van der Waals surface area contributed by atoms with Crippen LogP contribution in [0.5, 0.6) is 5.75 Å². The molecule has 0 fully saturated rings. The molecule has 0 amide bonds. The lowest BCUT2D eigenvalue weighted by molar-refractivity contribution is 0.355. The number of methoxy groups -OCH3 is 1. The lowest BCUT2D eigenvalue weighted by Gasteiger charge is -2.01. The predicted octanol–water partition coefficient (Wildman–Crippen LogP) is 1.91. The Kier molecular flexibility index (Phi) is 2.03. The summed E-state index contributed by atoms with van der Waals surface area (Å²) in [5, 5.41) is 0. The largest absolute Gasteiger partial charge is 0.491 e. The SMILES string of the molecule is COc1c(F)[c]c(F)cc1F. The van der Waals surface area contributed by atoms with Crippen molar-refractivity contribution in [3.8, 4) is 5.75 Å². The Labute approximate surface area is 61.4 Å². The second kappa shape index (κ2) is 2.82. The summed E-state index contributed by atoms with van der Waals surface area (Å²) >= 11 is 0. The number of hydrogen-bond acceptors (Lipinski definition) is 1. The minimum absolute atomic E-state index is 0.502. The lowest BCUT2D eigenvalue weighted by Crippen LogP contribution is -1.93. The molecule has 0 saturated heterocycles. The monoisotopic (exact) mass is 161 g/mol. The van der Waals surface area contributed by atoms with Gasteiger partial charge in [0.1, 0.15) is 5.82 Å². The topological polar surface area (TPSA) is 9.23 Å². The molecule has 0 atom stereocenters. The van der Waals surface area contributed by atoms with Crippen molar-refractivity contribution >= 4 is 0 Å². The molecule has 0 saturated carbocycles. The van der Waals surface area contributed by atoms with Gasteiger partial charge in [-0.3, -0.25) is 0 Å². The van der Waals surface area contributed by atoms with E-state index in [1.54, 1.807) is 6.07 Å². The first-order chi connectivity index (χ1) is 5.15. The Hall–Kier alpha value is -1.19. The first-order valence-electron chi connectivity index (χ1n) is 2.76. The first kappa shape index (κ1) is 7.91. The van der Waals surface area contributed by atoms with Crippen molar-refractivity contribution in [3.05, 3.63) is 29.6 Å². The van der Waals surface area contributed by atoms with Crippen LogP contribution in [0.1, 0.15) is 0 Å². The molecular weight excluding hydrogens is 157 g/mol. The van der Waals surface area contributed by atoms with Crippen LogP contribution in [-0.2, 0) is 0 Å². The van der Waals surface area contributed by atoms with Gasteiger partial charge in [0.25, 0.3) is 0 Å². The molecule has 0 spiro atoms. The zero-order valence-corrected chi connectivity index (χ0v) is 5.62. The van der Waals surface area contributed by atoms with E-state index in [1.807, 2.05) is 0 Å². The van der Waals surface area contributed by atoms with Crippen molar-refractivity contribution in [2.24, 2.45) is 0 Å². The fourth-order valence-corrected chi connectivity index (χ4v) is 0.666. The van der Waals surface area contributed by atoms with E-state index in [4.69, 9.17) is 0 Å². The molecular formula is C7H4F3O. The molecule has 0 aliphatic carbocycles. The third-order valence-corrected chi connectivity index (χ3v) is 1.10. The van der Waals surface area contributed by atoms with Crippen LogP contribution in [0.25, 0.3) is 0 Å². The molecule has 0 aromatic heterocycles. The van der Waals surface area contributed by atoms with E-state index < -0.39 is 23.2 Å². The molecule has 0 N–H and O–H groups in total. The second-order valence-corrected chi connectivity index (χ2v) is 1.81. The molecule has 11 heavy (non-hydrogen) atoms. The van der Waals surface area contributed by atoms with E-state index in [2.05, 4.69) is 4.74 Å². The van der Waals surface area contributed by atoms with E-state index in [1.165, 1.54) is 0 Å². The van der Waals surface area contributed by atoms with Gasteiger partial charge < -0.3 is 4.74 Å². The van der Waals surface area contributed by atoms with Crippen molar-refractivity contribution < 1.29 is 17.9 Å². The van der Waals surface area contributed by atoms with E-state index >= 15 is 0 Å². The number of rotatable bonds is 1. The van der Waals surface area contributed by atoms with Crippen LogP contribution in [0.15, 0.2) is 6.07 Å². The van der Waals surface area contributed by atoms with Gasteiger partial charge in [0, 0.05) is 6.07 Å². The van der Waals surface area contributed by atoms with Gasteiger partial charge in [0.05, 0.1) is 13.2 Å². The summed E-state index contributed by atoms with van der Waals surface area (Å²) in [6, 6.07) is 2.13. The Morgan fingerprint density at radius 2 is 2.00 bits per heavy atom. The maximum atomic E-state index is 12.5. The highest BCUT2D eigenvalue weighted by molar-refractivity contribution is 5.25.